The van der Waals surface area contributed by atoms with Crippen LogP contribution < -0.4 is 19.7 Å². The summed E-state index contributed by atoms with van der Waals surface area (Å²) < 4.78 is 13.7. The number of aromatic amines is 1. The minimum atomic E-state index is 0.0264. The number of nitrogens with zero attached hydrogens (tertiary/aromatic N) is 1. The third-order valence-electron chi connectivity index (χ3n) is 15.1. The van der Waals surface area contributed by atoms with Gasteiger partial charge in [0.15, 0.2) is 5.75 Å². The number of unbranched alkanes of at least 4 members (excludes halogenated alkanes) is 6. The molecule has 75 heavy (non-hydrogen) atoms. The number of aryl methyl sites for hydroxylation is 4. The monoisotopic (exact) mass is 1000 g/mol. The van der Waals surface area contributed by atoms with Crippen molar-refractivity contribution in [2.75, 3.05) is 24.5 Å². The number of rotatable bonds is 24. The van der Waals surface area contributed by atoms with Gasteiger partial charge >= 0.3 is 0 Å². The smallest absolute Gasteiger partial charge is 0.150 e. The summed E-state index contributed by atoms with van der Waals surface area (Å²) in [6, 6.07) is 40.6. The highest BCUT2D eigenvalue weighted by molar-refractivity contribution is 5.93. The molecule has 388 valence electrons. The Kier molecular flexibility index (Phi) is 15.7. The van der Waals surface area contributed by atoms with Gasteiger partial charge in [-0.15, -0.1) is 0 Å². The van der Waals surface area contributed by atoms with Gasteiger partial charge in [0.25, 0.3) is 0 Å². The van der Waals surface area contributed by atoms with Crippen LogP contribution in [0.3, 0.4) is 0 Å². The third kappa shape index (κ3) is 11.3. The topological polar surface area (TPSA) is 140 Å². The lowest BCUT2D eigenvalue weighted by molar-refractivity contribution is 0.304. The predicted molar refractivity (Wildman–Crippen MR) is 306 cm³/mol. The Morgan fingerprint density at radius 3 is 1.69 bits per heavy atom. The summed E-state index contributed by atoms with van der Waals surface area (Å²) in [6.07, 6.45) is 11.9. The number of anilines is 1. The Labute approximate surface area is 442 Å². The number of hydrogen-bond donors (Lipinski definition) is 6. The van der Waals surface area contributed by atoms with E-state index < -0.39 is 0 Å². The van der Waals surface area contributed by atoms with E-state index in [1.54, 1.807) is 0 Å². The van der Waals surface area contributed by atoms with Gasteiger partial charge in [-0.2, -0.15) is 0 Å². The van der Waals surface area contributed by atoms with Gasteiger partial charge in [-0.05, 0) is 132 Å². The summed E-state index contributed by atoms with van der Waals surface area (Å²) in [4.78, 5) is 5.77. The van der Waals surface area contributed by atoms with Crippen molar-refractivity contribution < 1.29 is 29.9 Å². The second kappa shape index (κ2) is 23.0. The fraction of sp³-hybridized carbons (Fsp3) is 0.333. The number of benzene rings is 7. The van der Waals surface area contributed by atoms with E-state index in [0.717, 1.165) is 169 Å². The summed E-state index contributed by atoms with van der Waals surface area (Å²) in [7, 11) is 0. The quantitative estimate of drug-likeness (QED) is 0.0260. The molecule has 2 aliphatic heterocycles. The van der Waals surface area contributed by atoms with Crippen molar-refractivity contribution in [3.63, 3.8) is 0 Å². The number of phenols is 4. The first-order valence-corrected chi connectivity index (χ1v) is 27.6. The van der Waals surface area contributed by atoms with Crippen molar-refractivity contribution in [3.8, 4) is 79.1 Å². The molecule has 0 saturated carbocycles. The van der Waals surface area contributed by atoms with Crippen LogP contribution in [0.2, 0.25) is 0 Å². The molecule has 7 aromatic carbocycles. The second-order valence-electron chi connectivity index (χ2n) is 20.9. The minimum absolute atomic E-state index is 0.0264. The molecule has 6 N–H and O–H groups in total. The zero-order chi connectivity index (χ0) is 52.0. The lowest BCUT2D eigenvalue weighted by Gasteiger charge is -2.22. The molecule has 2 aliphatic rings. The number of ether oxygens (including phenoxy) is 2. The molecule has 9 heteroatoms. The van der Waals surface area contributed by atoms with Crippen LogP contribution in [0.4, 0.5) is 5.69 Å². The second-order valence-corrected chi connectivity index (χ2v) is 20.9. The van der Waals surface area contributed by atoms with E-state index in [2.05, 4.69) is 85.4 Å². The maximum atomic E-state index is 12.5. The average Bonchev–Trinajstić information content (AvgIpc) is 4.36. The highest BCUT2D eigenvalue weighted by atomic mass is 16.5. The number of aromatic hydroxyl groups is 4. The summed E-state index contributed by atoms with van der Waals surface area (Å²) >= 11 is 0. The van der Waals surface area contributed by atoms with E-state index in [0.29, 0.717) is 39.3 Å². The summed E-state index contributed by atoms with van der Waals surface area (Å²) in [5.41, 5.74) is 14.3. The predicted octanol–water partition coefficient (Wildman–Crippen LogP) is 15.8. The molecule has 0 bridgehead atoms. The van der Waals surface area contributed by atoms with Gasteiger partial charge in [0, 0.05) is 47.7 Å². The summed E-state index contributed by atoms with van der Waals surface area (Å²) in [6.45, 7) is 11.7. The van der Waals surface area contributed by atoms with Gasteiger partial charge in [0.1, 0.15) is 42.0 Å². The molecular weight excluding hydrogens is 931 g/mol. The fourth-order valence-corrected chi connectivity index (χ4v) is 11.0. The van der Waals surface area contributed by atoms with E-state index >= 15 is 0 Å². The standard InChI is InChI=1S/C66H73N3O6/c1-5-8-11-23-49-36-55(70)60(64(71)58(49)53-35-45-22-14-15-29-52(45)68-53)47-27-17-20-43(33-47)40-75-57-38-51(25-13-10-7-3)63(69-30-31-69)66(73)62(57)48-28-18-21-44(34-48)41-74-56-37-50(24-12-9-6-2)59(54-39-67-54)65(72)61(56)46-26-16-19-42(4)32-46/h14-22,26-29,32-38,54,67-68,70-73H,5-13,23-25,30-31,39-41H2,1-4H3. The molecule has 1 atom stereocenters. The van der Waals surface area contributed by atoms with E-state index in [1.807, 2.05) is 78.9 Å². The van der Waals surface area contributed by atoms with Crippen molar-refractivity contribution in [2.45, 2.75) is 124 Å². The van der Waals surface area contributed by atoms with Crippen LogP contribution in [-0.2, 0) is 32.5 Å². The van der Waals surface area contributed by atoms with Crippen molar-refractivity contribution in [1.82, 2.24) is 10.3 Å². The van der Waals surface area contributed by atoms with Gasteiger partial charge in [0.05, 0.1) is 28.1 Å². The molecule has 9 nitrogen and oxygen atoms in total. The van der Waals surface area contributed by atoms with Crippen molar-refractivity contribution in [3.05, 3.63) is 160 Å². The van der Waals surface area contributed by atoms with Gasteiger partial charge in [-0.25, -0.2) is 0 Å². The molecule has 8 aromatic rings. The average molecular weight is 1000 g/mol. The van der Waals surface area contributed by atoms with Crippen molar-refractivity contribution >= 4 is 16.6 Å². The SMILES string of the molecule is CCCCCc1cc(O)c(-c2cccc(COc3cc(CCCCC)c(N4CC4)c(O)c3-c3cccc(COc4cc(CCCCC)c(C5CN5)c(O)c4-c4cccc(C)c4)c3)c2)c(O)c1-c1cc2ccccc2[nH]1. The number of phenolic OH excluding ortho intramolecular Hbond substituents is 4. The third-order valence-corrected chi connectivity index (χ3v) is 15.1. The first-order valence-electron chi connectivity index (χ1n) is 27.6. The molecule has 2 fully saturated rings. The highest BCUT2D eigenvalue weighted by Crippen LogP contribution is 2.51. The van der Waals surface area contributed by atoms with Gasteiger partial charge < -0.3 is 45.1 Å². The van der Waals surface area contributed by atoms with Crippen LogP contribution in [0, 0.1) is 6.92 Å². The first kappa shape index (κ1) is 51.1. The highest BCUT2D eigenvalue weighted by Gasteiger charge is 2.33. The van der Waals surface area contributed by atoms with E-state index in [4.69, 9.17) is 9.47 Å². The number of hydrogen-bond acceptors (Lipinski definition) is 8. The van der Waals surface area contributed by atoms with Crippen molar-refractivity contribution in [1.29, 1.82) is 0 Å². The molecule has 0 spiro atoms. The molecular formula is C66H73N3O6. The molecule has 10 rings (SSSR count). The number of para-hydroxylation sites is 1. The van der Waals surface area contributed by atoms with Crippen LogP contribution in [0.15, 0.2) is 121 Å². The van der Waals surface area contributed by atoms with Gasteiger partial charge in [0.2, 0.25) is 0 Å². The van der Waals surface area contributed by atoms with Gasteiger partial charge in [-0.3, -0.25) is 0 Å². The normalized spacial score (nSPS) is 13.9. The van der Waals surface area contributed by atoms with Crippen LogP contribution in [0.5, 0.6) is 34.5 Å². The number of H-pyrrole nitrogens is 1. The molecule has 0 radical (unpaired) electrons. The first-order chi connectivity index (χ1) is 36.6. The molecule has 0 aliphatic carbocycles. The molecule has 1 unspecified atom stereocenters. The van der Waals surface area contributed by atoms with Crippen LogP contribution in [0.25, 0.3) is 55.5 Å². The fourth-order valence-electron chi connectivity index (χ4n) is 11.0. The summed E-state index contributed by atoms with van der Waals surface area (Å²) in [5.74, 6) is 1.77. The Balaban J connectivity index is 0.990. The zero-order valence-corrected chi connectivity index (χ0v) is 44.2. The van der Waals surface area contributed by atoms with E-state index in [1.165, 1.54) is 0 Å². The van der Waals surface area contributed by atoms with Crippen molar-refractivity contribution in [2.24, 2.45) is 0 Å². The maximum Gasteiger partial charge on any atom is 0.150 e. The van der Waals surface area contributed by atoms with Crippen LogP contribution in [-0.4, -0.2) is 45.0 Å². The molecule has 2 saturated heterocycles. The lowest BCUT2D eigenvalue weighted by atomic mass is 9.91. The lowest BCUT2D eigenvalue weighted by Crippen LogP contribution is -2.05. The molecule has 0 amide bonds. The Bertz CT molecular complexity index is 3280. The van der Waals surface area contributed by atoms with Crippen LogP contribution in [0.1, 0.15) is 124 Å². The molecule has 3 heterocycles. The number of aromatic nitrogens is 1. The Hall–Kier alpha value is -7.36. The van der Waals surface area contributed by atoms with E-state index in [-0.39, 0.29) is 42.3 Å². The number of nitrogens with one attached hydrogen (secondary N) is 2. The van der Waals surface area contributed by atoms with E-state index in [9.17, 15) is 20.4 Å². The minimum Gasteiger partial charge on any atom is -0.507 e. The van der Waals surface area contributed by atoms with Crippen LogP contribution >= 0.6 is 0 Å². The molecule has 1 aromatic heterocycles. The Morgan fingerprint density at radius 1 is 0.533 bits per heavy atom. The maximum absolute atomic E-state index is 12.5. The van der Waals surface area contributed by atoms with Gasteiger partial charge in [-0.1, -0.05) is 144 Å². The zero-order valence-electron chi connectivity index (χ0n) is 44.2. The Morgan fingerprint density at radius 2 is 1.09 bits per heavy atom. The largest absolute Gasteiger partial charge is 0.507 e. The number of fused-ring (bicyclic) bond motifs is 1. The summed E-state index contributed by atoms with van der Waals surface area (Å²) in [5, 5.41) is 53.2.